The van der Waals surface area contributed by atoms with E-state index in [9.17, 15) is 14.5 Å². The first-order chi connectivity index (χ1) is 23.8. The van der Waals surface area contributed by atoms with Crippen LogP contribution in [-0.4, -0.2) is 49.6 Å². The van der Waals surface area contributed by atoms with Crippen molar-refractivity contribution in [3.63, 3.8) is 0 Å². The highest BCUT2D eigenvalue weighted by Crippen LogP contribution is 2.46. The lowest BCUT2D eigenvalue weighted by molar-refractivity contribution is 0.0690. The molecule has 258 valence electrons. The van der Waals surface area contributed by atoms with Crippen molar-refractivity contribution >= 4 is 36.0 Å². The van der Waals surface area contributed by atoms with E-state index in [0.717, 1.165) is 27.8 Å². The van der Waals surface area contributed by atoms with Crippen molar-refractivity contribution in [2.24, 2.45) is 0 Å². The maximum Gasteiger partial charge on any atom is 0.354 e. The maximum atomic E-state index is 14.3. The van der Waals surface area contributed by atoms with E-state index in [0.29, 0.717) is 25.3 Å². The summed E-state index contributed by atoms with van der Waals surface area (Å²) in [6.07, 6.45) is 4.09. The number of pyridine rings is 2. The van der Waals surface area contributed by atoms with E-state index < -0.39 is 30.4 Å². The van der Waals surface area contributed by atoms with Gasteiger partial charge in [0.15, 0.2) is 0 Å². The van der Waals surface area contributed by atoms with Crippen molar-refractivity contribution in [2.45, 2.75) is 70.3 Å². The number of hydrogen-bond donors (Lipinski definition) is 1. The van der Waals surface area contributed by atoms with Gasteiger partial charge in [0.2, 0.25) is 0 Å². The zero-order valence-corrected chi connectivity index (χ0v) is 31.4. The van der Waals surface area contributed by atoms with Crippen molar-refractivity contribution in [1.82, 2.24) is 14.3 Å². The number of fused-ring (bicyclic) bond motifs is 1. The number of aromatic nitrogens is 2. The molecule has 6 rings (SSSR count). The summed E-state index contributed by atoms with van der Waals surface area (Å²) in [7, 11) is -2.84. The highest BCUT2D eigenvalue weighted by atomic mass is 32.2. The molecule has 50 heavy (non-hydrogen) atoms. The van der Waals surface area contributed by atoms with Gasteiger partial charge in [-0.2, -0.15) is 0 Å². The average Bonchev–Trinajstić information content (AvgIpc) is 3.47. The Labute approximate surface area is 299 Å². The summed E-state index contributed by atoms with van der Waals surface area (Å²) >= 11 is -1.39. The number of carboxylic acids is 1. The van der Waals surface area contributed by atoms with E-state index in [2.05, 4.69) is 74.3 Å². The molecule has 3 aromatic carbocycles. The van der Waals surface area contributed by atoms with Crippen molar-refractivity contribution < 1.29 is 18.9 Å². The number of aromatic carboxylic acids is 1. The molecule has 9 heteroatoms. The third-order valence-electron chi connectivity index (χ3n) is 9.36. The summed E-state index contributed by atoms with van der Waals surface area (Å²) in [6.45, 7) is 13.5. The molecule has 0 fully saturated rings. The molecule has 1 aliphatic rings. The molecule has 2 aromatic heterocycles. The van der Waals surface area contributed by atoms with Crippen LogP contribution in [-0.2, 0) is 22.3 Å². The number of carbonyl (C=O) groups is 1. The van der Waals surface area contributed by atoms with Gasteiger partial charge in [-0.25, -0.2) is 9.78 Å². The van der Waals surface area contributed by atoms with Gasteiger partial charge in [0.05, 0.1) is 18.3 Å². The summed E-state index contributed by atoms with van der Waals surface area (Å²) < 4.78 is 23.1. The summed E-state index contributed by atoms with van der Waals surface area (Å²) in [4.78, 5) is 21.5. The largest absolute Gasteiger partial charge is 0.597 e. The lowest BCUT2D eigenvalue weighted by Gasteiger charge is -2.43. The zero-order chi connectivity index (χ0) is 35.7. The van der Waals surface area contributed by atoms with Gasteiger partial charge >= 0.3 is 5.97 Å². The molecule has 1 N–H and O–H groups in total. The number of carboxylic acid groups (broad SMARTS) is 1. The second kappa shape index (κ2) is 14.2. The Kier molecular flexibility index (Phi) is 10.2. The van der Waals surface area contributed by atoms with E-state index in [1.54, 1.807) is 12.3 Å². The molecule has 3 heterocycles. The van der Waals surface area contributed by atoms with Crippen LogP contribution in [0.1, 0.15) is 75.6 Å². The Hall–Kier alpha value is -4.12. The lowest BCUT2D eigenvalue weighted by Crippen LogP contribution is -2.66. The van der Waals surface area contributed by atoms with Crippen LogP contribution in [0.3, 0.4) is 0 Å². The molecule has 2 atom stereocenters. The van der Waals surface area contributed by atoms with E-state index in [-0.39, 0.29) is 16.8 Å². The quantitative estimate of drug-likeness (QED) is 0.117. The number of benzene rings is 3. The zero-order valence-electron chi connectivity index (χ0n) is 29.6. The molecule has 7 nitrogen and oxygen atoms in total. The van der Waals surface area contributed by atoms with E-state index >= 15 is 0 Å². The topological polar surface area (TPSA) is 98.6 Å². The highest BCUT2D eigenvalue weighted by Gasteiger charge is 2.51. The van der Waals surface area contributed by atoms with E-state index in [4.69, 9.17) is 9.41 Å². The number of rotatable bonds is 10. The molecule has 0 aliphatic carbocycles. The van der Waals surface area contributed by atoms with Gasteiger partial charge < -0.3 is 14.1 Å². The number of hydrogen-bond acceptors (Lipinski definition) is 6. The molecule has 5 aromatic rings. The summed E-state index contributed by atoms with van der Waals surface area (Å²) in [5, 5.41) is 12.3. The van der Waals surface area contributed by atoms with Crippen LogP contribution < -0.4 is 10.4 Å². The lowest BCUT2D eigenvalue weighted by atomic mass is 9.94. The van der Waals surface area contributed by atoms with Gasteiger partial charge in [-0.05, 0) is 71.9 Å². The first-order valence-electron chi connectivity index (χ1n) is 17.0. The van der Waals surface area contributed by atoms with Gasteiger partial charge in [-0.15, -0.1) is 4.31 Å². The Morgan fingerprint density at radius 1 is 0.880 bits per heavy atom. The van der Waals surface area contributed by atoms with Crippen molar-refractivity contribution in [2.75, 3.05) is 6.61 Å². The summed E-state index contributed by atoms with van der Waals surface area (Å²) in [5.41, 5.74) is 4.99. The molecule has 1 aliphatic heterocycles. The predicted molar refractivity (Wildman–Crippen MR) is 204 cm³/mol. The van der Waals surface area contributed by atoms with E-state index in [1.807, 2.05) is 79.8 Å². The van der Waals surface area contributed by atoms with Crippen molar-refractivity contribution in [3.05, 3.63) is 132 Å². The molecule has 0 saturated carbocycles. The Bertz CT molecular complexity index is 1910. The molecule has 0 saturated heterocycles. The van der Waals surface area contributed by atoms with Crippen LogP contribution in [0, 0.1) is 0 Å². The molecule has 0 amide bonds. The fourth-order valence-corrected chi connectivity index (χ4v) is 13.1. The normalized spacial score (nSPS) is 15.9. The minimum atomic E-state index is -2.84. The molecular formula is C41H45N3O4SSi. The minimum absolute atomic E-state index is 0.0313. The van der Waals surface area contributed by atoms with Gasteiger partial charge in [0.25, 0.3) is 8.32 Å². The van der Waals surface area contributed by atoms with Crippen LogP contribution in [0.2, 0.25) is 5.04 Å². The first-order valence-corrected chi connectivity index (χ1v) is 20.0. The summed E-state index contributed by atoms with van der Waals surface area (Å²) in [5.74, 6) is -1.10. The SMILES string of the molecule is CC(C)(C)[S@@+]([O-])N1Cc2cc(C(=O)O)nc(-c3cccc(-c4cccnc4)c3)c2[C@H]1CCO[Si](c1ccccc1)(c1ccccc1)C(C)(C)C. The smallest absolute Gasteiger partial charge is 0.354 e. The van der Waals surface area contributed by atoms with Crippen molar-refractivity contribution in [1.29, 1.82) is 0 Å². The van der Waals surface area contributed by atoms with Gasteiger partial charge in [0.1, 0.15) is 10.4 Å². The summed E-state index contributed by atoms with van der Waals surface area (Å²) in [6, 6.07) is 34.3. The molecule has 0 unspecified atom stereocenters. The third kappa shape index (κ3) is 6.93. The van der Waals surface area contributed by atoms with Gasteiger partial charge in [0, 0.05) is 47.1 Å². The minimum Gasteiger partial charge on any atom is -0.597 e. The van der Waals surface area contributed by atoms with Gasteiger partial charge in [-0.3, -0.25) is 4.98 Å². The molecular weight excluding hydrogens is 659 g/mol. The van der Waals surface area contributed by atoms with Crippen molar-refractivity contribution in [3.8, 4) is 22.4 Å². The van der Waals surface area contributed by atoms with Gasteiger partial charge in [-0.1, -0.05) is 106 Å². The highest BCUT2D eigenvalue weighted by molar-refractivity contribution is 7.90. The standard InChI is InChI=1S/C41H45N3O4SSi/c1-40(2,3)49(47)44-28-32-26-35(39(45)46)43-38(30-16-13-15-29(25-30)31-17-14-23-42-27-31)37(32)36(44)22-24-48-50(41(4,5)6,33-18-9-7-10-19-33)34-20-11-8-12-21-34/h7-21,23,25-27,36H,22,24,28H2,1-6H3,(H,45,46)/t36-,49-/m1/s1. The Balaban J connectivity index is 1.46. The molecule has 0 spiro atoms. The third-order valence-corrected chi connectivity index (χ3v) is 16.3. The second-order valence-electron chi connectivity index (χ2n) is 14.8. The van der Waals surface area contributed by atoms with E-state index in [1.165, 1.54) is 10.4 Å². The van der Waals surface area contributed by atoms with Crippen LogP contribution >= 0.6 is 0 Å². The number of nitrogens with zero attached hydrogens (tertiary/aromatic N) is 3. The molecule has 0 bridgehead atoms. The monoisotopic (exact) mass is 703 g/mol. The maximum absolute atomic E-state index is 14.3. The fraction of sp³-hybridized carbons (Fsp3) is 0.293. The Morgan fingerprint density at radius 3 is 2.06 bits per heavy atom. The second-order valence-corrected chi connectivity index (χ2v) is 21.3. The van der Waals surface area contributed by atoms with Crippen LogP contribution in [0.25, 0.3) is 22.4 Å². The first kappa shape index (κ1) is 35.7. The predicted octanol–water partition coefficient (Wildman–Crippen LogP) is 7.79. The Morgan fingerprint density at radius 2 is 1.50 bits per heavy atom. The van der Waals surface area contributed by atoms with Crippen LogP contribution in [0.5, 0.6) is 0 Å². The average molecular weight is 704 g/mol. The van der Waals surface area contributed by atoms with Crippen LogP contribution in [0.15, 0.2) is 116 Å². The fourth-order valence-electron chi connectivity index (χ4n) is 7.14. The van der Waals surface area contributed by atoms with Crippen LogP contribution in [0.4, 0.5) is 0 Å². The molecule has 0 radical (unpaired) electrons.